The lowest BCUT2D eigenvalue weighted by molar-refractivity contribution is 0.105. The minimum atomic E-state index is -1.63. The third-order valence-corrected chi connectivity index (χ3v) is 0.870. The highest BCUT2D eigenvalue weighted by Gasteiger charge is 2.22. The number of carbonyl (C=O) groups excluding carboxylic acids is 1. The maximum absolute atomic E-state index is 10.1. The van der Waals surface area contributed by atoms with Gasteiger partial charge in [0.25, 0.3) is 0 Å². The molecule has 0 unspecified atom stereocenters. The second-order valence-corrected chi connectivity index (χ2v) is 3.90. The van der Waals surface area contributed by atoms with Crippen LogP contribution in [0.25, 0.3) is 0 Å². The summed E-state index contributed by atoms with van der Waals surface area (Å²) in [5, 5.41) is 0. The average Bonchev–Trinajstić information content (AvgIpc) is 1.81. The van der Waals surface area contributed by atoms with E-state index in [4.69, 9.17) is 34.8 Å². The van der Waals surface area contributed by atoms with E-state index < -0.39 is 16.6 Å². The van der Waals surface area contributed by atoms with Crippen LogP contribution in [0.2, 0.25) is 0 Å². The monoisotopic (exact) mass is 226 g/mol. The van der Waals surface area contributed by atoms with Gasteiger partial charge in [0.05, 0.1) is 0 Å². The van der Waals surface area contributed by atoms with Crippen molar-refractivity contribution >= 4 is 52.8 Å². The minimum Gasteiger partial charge on any atom is -0.429 e. The first-order valence-corrected chi connectivity index (χ1v) is 3.42. The molecule has 0 N–H and O–H groups in total. The van der Waals surface area contributed by atoms with E-state index in [1.807, 2.05) is 0 Å². The molecule has 0 aliphatic rings. The standard InChI is InChI=1S/C3H2Cl4O3/c4-3(5,6)1-9-2(8)10-7/h1H2. The maximum atomic E-state index is 10.1. The van der Waals surface area contributed by atoms with Crippen LogP contribution in [0.1, 0.15) is 0 Å². The van der Waals surface area contributed by atoms with Crippen molar-refractivity contribution < 1.29 is 13.8 Å². The van der Waals surface area contributed by atoms with Gasteiger partial charge in [-0.3, -0.25) is 0 Å². The first kappa shape index (κ1) is 10.4. The van der Waals surface area contributed by atoms with Crippen LogP contribution in [-0.4, -0.2) is 16.6 Å². The molecule has 0 bridgehead atoms. The molecule has 7 heteroatoms. The van der Waals surface area contributed by atoms with Crippen LogP contribution in [0, 0.1) is 0 Å². The quantitative estimate of drug-likeness (QED) is 0.511. The molecule has 0 aromatic carbocycles. The van der Waals surface area contributed by atoms with Crippen molar-refractivity contribution in [1.29, 1.82) is 0 Å². The van der Waals surface area contributed by atoms with Crippen LogP contribution in [0.5, 0.6) is 0 Å². The van der Waals surface area contributed by atoms with Gasteiger partial charge in [-0.2, -0.15) is 0 Å². The highest BCUT2D eigenvalue weighted by Crippen LogP contribution is 2.25. The molecule has 0 aliphatic heterocycles. The molecule has 0 atom stereocenters. The van der Waals surface area contributed by atoms with Crippen LogP contribution in [0.15, 0.2) is 0 Å². The summed E-state index contributed by atoms with van der Waals surface area (Å²) in [7, 11) is 0. The number of ether oxygens (including phenoxy) is 1. The van der Waals surface area contributed by atoms with Crippen molar-refractivity contribution in [3.8, 4) is 0 Å². The van der Waals surface area contributed by atoms with Crippen LogP contribution >= 0.6 is 46.7 Å². The molecule has 60 valence electrons. The fraction of sp³-hybridized carbons (Fsp3) is 0.667. The van der Waals surface area contributed by atoms with E-state index in [0.29, 0.717) is 0 Å². The van der Waals surface area contributed by atoms with Crippen molar-refractivity contribution in [2.45, 2.75) is 3.79 Å². The van der Waals surface area contributed by atoms with Gasteiger partial charge in [-0.25, -0.2) is 4.79 Å². The SMILES string of the molecule is O=C(OCl)OCC(Cl)(Cl)Cl. The molecule has 0 heterocycles. The lowest BCUT2D eigenvalue weighted by Crippen LogP contribution is -2.16. The molecule has 0 aliphatic carbocycles. The highest BCUT2D eigenvalue weighted by molar-refractivity contribution is 6.67. The maximum Gasteiger partial charge on any atom is 0.527 e. The summed E-state index contributed by atoms with van der Waals surface area (Å²) >= 11 is 20.1. The van der Waals surface area contributed by atoms with Gasteiger partial charge in [-0.1, -0.05) is 34.8 Å². The Morgan fingerprint density at radius 1 is 1.40 bits per heavy atom. The molecule has 0 aromatic rings. The molecule has 10 heavy (non-hydrogen) atoms. The largest absolute Gasteiger partial charge is 0.527 e. The number of carbonyl (C=O) groups is 1. The third kappa shape index (κ3) is 6.55. The summed E-state index contributed by atoms with van der Waals surface area (Å²) in [5.41, 5.74) is 0. The molecule has 0 spiro atoms. The summed E-state index contributed by atoms with van der Waals surface area (Å²) in [6, 6.07) is 0. The summed E-state index contributed by atoms with van der Waals surface area (Å²) < 4.78 is 6.11. The Kier molecular flexibility index (Phi) is 4.52. The van der Waals surface area contributed by atoms with Crippen molar-refractivity contribution in [2.75, 3.05) is 6.61 Å². The van der Waals surface area contributed by atoms with Crippen LogP contribution in [0.4, 0.5) is 4.79 Å². The summed E-state index contributed by atoms with van der Waals surface area (Å²) in [4.78, 5) is 10.1. The fourth-order valence-corrected chi connectivity index (χ4v) is 0.371. The Bertz CT molecular complexity index is 119. The number of hydrogen-bond donors (Lipinski definition) is 0. The third-order valence-electron chi connectivity index (χ3n) is 0.417. The zero-order chi connectivity index (χ0) is 8.20. The van der Waals surface area contributed by atoms with E-state index >= 15 is 0 Å². The van der Waals surface area contributed by atoms with E-state index in [1.165, 1.54) is 0 Å². The molecular formula is C3H2Cl4O3. The van der Waals surface area contributed by atoms with E-state index in [-0.39, 0.29) is 0 Å². The lowest BCUT2D eigenvalue weighted by Gasteiger charge is -2.08. The van der Waals surface area contributed by atoms with Crippen molar-refractivity contribution in [3.05, 3.63) is 0 Å². The highest BCUT2D eigenvalue weighted by atomic mass is 35.6. The first-order chi connectivity index (χ1) is 4.45. The molecule has 0 aromatic heterocycles. The van der Waals surface area contributed by atoms with Crippen molar-refractivity contribution in [3.63, 3.8) is 0 Å². The lowest BCUT2D eigenvalue weighted by atomic mass is 10.8. The average molecular weight is 228 g/mol. The summed E-state index contributed by atoms with van der Waals surface area (Å²) in [6.45, 7) is -0.400. The Balaban J connectivity index is 3.46. The molecule has 0 saturated heterocycles. The number of rotatable bonds is 1. The van der Waals surface area contributed by atoms with Gasteiger partial charge in [-0.05, 0) is 0 Å². The predicted octanol–water partition coefficient (Wildman–Crippen LogP) is 2.66. The van der Waals surface area contributed by atoms with E-state index in [0.717, 1.165) is 0 Å². The normalized spacial score (nSPS) is 10.8. The molecule has 0 rings (SSSR count). The molecule has 0 radical (unpaired) electrons. The van der Waals surface area contributed by atoms with E-state index in [9.17, 15) is 4.79 Å². The summed E-state index contributed by atoms with van der Waals surface area (Å²) in [6.07, 6.45) is -1.10. The zero-order valence-corrected chi connectivity index (χ0v) is 7.47. The Labute approximate surface area is 77.2 Å². The topological polar surface area (TPSA) is 35.5 Å². The molecule has 0 fully saturated rings. The second kappa shape index (κ2) is 4.34. The fourth-order valence-electron chi connectivity index (χ4n) is 0.163. The van der Waals surface area contributed by atoms with Crippen molar-refractivity contribution in [1.82, 2.24) is 0 Å². The van der Waals surface area contributed by atoms with Gasteiger partial charge in [0.2, 0.25) is 3.79 Å². The van der Waals surface area contributed by atoms with E-state index in [1.54, 1.807) is 0 Å². The van der Waals surface area contributed by atoms with Gasteiger partial charge in [-0.15, -0.1) is 0 Å². The Morgan fingerprint density at radius 3 is 2.20 bits per heavy atom. The second-order valence-electron chi connectivity index (χ2n) is 1.23. The van der Waals surface area contributed by atoms with Gasteiger partial charge >= 0.3 is 6.16 Å². The molecule has 0 amide bonds. The zero-order valence-electron chi connectivity index (χ0n) is 4.44. The van der Waals surface area contributed by atoms with E-state index in [2.05, 4.69) is 20.9 Å². The minimum absolute atomic E-state index is 0.400. The smallest absolute Gasteiger partial charge is 0.429 e. The van der Waals surface area contributed by atoms with Crippen LogP contribution in [-0.2, 0) is 9.03 Å². The van der Waals surface area contributed by atoms with Crippen molar-refractivity contribution in [2.24, 2.45) is 0 Å². The summed E-state index contributed by atoms with van der Waals surface area (Å²) in [5.74, 6) is 0. The van der Waals surface area contributed by atoms with Crippen LogP contribution in [0.3, 0.4) is 0 Å². The number of alkyl halides is 3. The van der Waals surface area contributed by atoms with Gasteiger partial charge in [0, 0.05) is 0 Å². The first-order valence-electron chi connectivity index (χ1n) is 1.98. The molecule has 0 saturated carbocycles. The van der Waals surface area contributed by atoms with Crippen LogP contribution < -0.4 is 0 Å². The Morgan fingerprint density at radius 2 is 1.90 bits per heavy atom. The Hall–Kier alpha value is 0.430. The predicted molar refractivity (Wildman–Crippen MR) is 38.6 cm³/mol. The van der Waals surface area contributed by atoms with Gasteiger partial charge < -0.3 is 9.03 Å². The molecular weight excluding hydrogens is 226 g/mol. The molecule has 3 nitrogen and oxygen atoms in total. The number of hydrogen-bond acceptors (Lipinski definition) is 3. The van der Waals surface area contributed by atoms with Gasteiger partial charge in [0.15, 0.2) is 0 Å². The van der Waals surface area contributed by atoms with Gasteiger partial charge in [0.1, 0.15) is 18.5 Å². The number of halogens is 4.